The second-order valence-corrected chi connectivity index (χ2v) is 4.16. The summed E-state index contributed by atoms with van der Waals surface area (Å²) in [7, 11) is 1.50. The molecule has 5 nitrogen and oxygen atoms in total. The molecule has 0 atom stereocenters. The Labute approximate surface area is 118 Å². The van der Waals surface area contributed by atoms with Gasteiger partial charge in [0, 0.05) is 13.1 Å². The van der Waals surface area contributed by atoms with Crippen molar-refractivity contribution in [2.75, 3.05) is 17.7 Å². The summed E-state index contributed by atoms with van der Waals surface area (Å²) >= 11 is 0. The molecule has 0 aliphatic heterocycles. The molecule has 2 N–H and O–H groups in total. The van der Waals surface area contributed by atoms with Crippen molar-refractivity contribution in [3.05, 3.63) is 41.6 Å². The molecule has 0 radical (unpaired) electrons. The Bertz CT molecular complexity index is 706. The molecular formula is C13H10F3N5. The Morgan fingerprint density at radius 2 is 1.90 bits per heavy atom. The number of alkyl halides is 3. The van der Waals surface area contributed by atoms with Crippen LogP contribution < -0.4 is 10.6 Å². The Morgan fingerprint density at radius 1 is 1.24 bits per heavy atom. The number of nitrogens with zero attached hydrogens (tertiary/aromatic N) is 4. The number of nitrogen functional groups attached to an aromatic ring is 1. The van der Waals surface area contributed by atoms with Crippen LogP contribution in [0, 0.1) is 11.3 Å². The molecule has 0 spiro atoms. The summed E-state index contributed by atoms with van der Waals surface area (Å²) in [4.78, 5) is 8.31. The molecule has 1 aromatic heterocycles. The van der Waals surface area contributed by atoms with E-state index in [9.17, 15) is 13.2 Å². The van der Waals surface area contributed by atoms with Gasteiger partial charge >= 0.3 is 6.18 Å². The molecular weight excluding hydrogens is 283 g/mol. The van der Waals surface area contributed by atoms with Gasteiger partial charge in [0.2, 0.25) is 5.95 Å². The van der Waals surface area contributed by atoms with Crippen molar-refractivity contribution >= 4 is 17.5 Å². The second kappa shape index (κ2) is 5.28. The third-order valence-electron chi connectivity index (χ3n) is 2.75. The zero-order valence-electron chi connectivity index (χ0n) is 10.9. The summed E-state index contributed by atoms with van der Waals surface area (Å²) in [5.41, 5.74) is 4.93. The van der Waals surface area contributed by atoms with E-state index < -0.39 is 17.8 Å². The maximum absolute atomic E-state index is 12.7. The van der Waals surface area contributed by atoms with Crippen LogP contribution >= 0.6 is 0 Å². The van der Waals surface area contributed by atoms with Gasteiger partial charge in [-0.1, -0.05) is 12.1 Å². The van der Waals surface area contributed by atoms with Crippen molar-refractivity contribution in [2.24, 2.45) is 0 Å². The summed E-state index contributed by atoms with van der Waals surface area (Å²) in [6.07, 6.45) is -4.62. The normalized spacial score (nSPS) is 11.0. The van der Waals surface area contributed by atoms with Crippen LogP contribution in [0.1, 0.15) is 11.3 Å². The van der Waals surface area contributed by atoms with Gasteiger partial charge in [0.25, 0.3) is 0 Å². The number of hydrogen-bond acceptors (Lipinski definition) is 5. The Balaban J connectivity index is 2.52. The van der Waals surface area contributed by atoms with Gasteiger partial charge in [-0.2, -0.15) is 23.4 Å². The summed E-state index contributed by atoms with van der Waals surface area (Å²) in [5, 5.41) is 9.04. The molecule has 0 aliphatic carbocycles. The van der Waals surface area contributed by atoms with Crippen LogP contribution in [0.25, 0.3) is 0 Å². The Kier molecular flexibility index (Phi) is 3.67. The highest BCUT2D eigenvalue weighted by Crippen LogP contribution is 2.32. The molecule has 0 saturated carbocycles. The molecule has 0 fully saturated rings. The number of para-hydroxylation sites is 1. The van der Waals surface area contributed by atoms with Gasteiger partial charge in [-0.25, -0.2) is 4.98 Å². The van der Waals surface area contributed by atoms with Gasteiger partial charge in [-0.3, -0.25) is 0 Å². The minimum Gasteiger partial charge on any atom is -0.368 e. The highest BCUT2D eigenvalue weighted by Gasteiger charge is 2.34. The summed E-state index contributed by atoms with van der Waals surface area (Å²) in [5.74, 6) is -0.529. The largest absolute Gasteiger partial charge is 0.433 e. The number of nitrogens with two attached hydrogens (primary N) is 1. The first-order valence-corrected chi connectivity index (χ1v) is 5.77. The van der Waals surface area contributed by atoms with Gasteiger partial charge < -0.3 is 10.6 Å². The van der Waals surface area contributed by atoms with E-state index in [-0.39, 0.29) is 5.82 Å². The smallest absolute Gasteiger partial charge is 0.368 e. The highest BCUT2D eigenvalue weighted by molar-refractivity contribution is 5.67. The van der Waals surface area contributed by atoms with Crippen LogP contribution in [0.5, 0.6) is 0 Å². The van der Waals surface area contributed by atoms with Crippen molar-refractivity contribution in [3.63, 3.8) is 0 Å². The number of rotatable bonds is 2. The number of anilines is 3. The number of benzene rings is 1. The van der Waals surface area contributed by atoms with E-state index in [2.05, 4.69) is 9.97 Å². The molecule has 0 aliphatic rings. The second-order valence-electron chi connectivity index (χ2n) is 4.16. The summed E-state index contributed by atoms with van der Waals surface area (Å²) in [6, 6.07) is 9.23. The van der Waals surface area contributed by atoms with E-state index in [0.717, 1.165) is 6.07 Å². The van der Waals surface area contributed by atoms with Gasteiger partial charge in [0.1, 0.15) is 11.9 Å². The van der Waals surface area contributed by atoms with Crippen molar-refractivity contribution < 1.29 is 13.2 Å². The van der Waals surface area contributed by atoms with Crippen LogP contribution in [0.3, 0.4) is 0 Å². The van der Waals surface area contributed by atoms with E-state index in [1.807, 2.05) is 6.07 Å². The lowest BCUT2D eigenvalue weighted by Gasteiger charge is -2.20. The predicted molar refractivity (Wildman–Crippen MR) is 70.7 cm³/mol. The number of halogens is 3. The molecule has 0 amide bonds. The van der Waals surface area contributed by atoms with Crippen molar-refractivity contribution in [1.29, 1.82) is 5.26 Å². The SMILES string of the molecule is CN(c1cc(C(F)(F)F)nc(N)n1)c1ccccc1C#N. The van der Waals surface area contributed by atoms with Crippen LogP contribution in [-0.4, -0.2) is 17.0 Å². The van der Waals surface area contributed by atoms with E-state index in [1.54, 1.807) is 24.3 Å². The van der Waals surface area contributed by atoms with Crippen LogP contribution in [0.2, 0.25) is 0 Å². The monoisotopic (exact) mass is 293 g/mol. The highest BCUT2D eigenvalue weighted by atomic mass is 19.4. The van der Waals surface area contributed by atoms with Gasteiger partial charge in [0.05, 0.1) is 11.3 Å². The zero-order valence-corrected chi connectivity index (χ0v) is 10.9. The van der Waals surface area contributed by atoms with Crippen LogP contribution in [-0.2, 0) is 6.18 Å². The summed E-state index contributed by atoms with van der Waals surface area (Å²) in [6.45, 7) is 0. The average molecular weight is 293 g/mol. The quantitative estimate of drug-likeness (QED) is 0.921. The minimum absolute atomic E-state index is 0.0440. The fourth-order valence-corrected chi connectivity index (χ4v) is 1.75. The third kappa shape index (κ3) is 3.02. The lowest BCUT2D eigenvalue weighted by molar-refractivity contribution is -0.141. The topological polar surface area (TPSA) is 78.8 Å². The lowest BCUT2D eigenvalue weighted by Crippen LogP contribution is -2.17. The molecule has 8 heteroatoms. The summed E-state index contributed by atoms with van der Waals surface area (Å²) < 4.78 is 38.2. The third-order valence-corrected chi connectivity index (χ3v) is 2.75. The van der Waals surface area contributed by atoms with Crippen molar-refractivity contribution in [3.8, 4) is 6.07 Å². The van der Waals surface area contributed by atoms with Crippen molar-refractivity contribution in [2.45, 2.75) is 6.18 Å². The minimum atomic E-state index is -4.62. The van der Waals surface area contributed by atoms with Crippen LogP contribution in [0.15, 0.2) is 30.3 Å². The molecule has 0 saturated heterocycles. The first-order valence-electron chi connectivity index (χ1n) is 5.77. The molecule has 108 valence electrons. The van der Waals surface area contributed by atoms with Gasteiger partial charge in [-0.05, 0) is 12.1 Å². The molecule has 1 heterocycles. The molecule has 2 aromatic rings. The predicted octanol–water partition coefficient (Wildman–Crippen LogP) is 2.72. The lowest BCUT2D eigenvalue weighted by atomic mass is 10.2. The van der Waals surface area contributed by atoms with E-state index >= 15 is 0 Å². The maximum atomic E-state index is 12.7. The molecule has 21 heavy (non-hydrogen) atoms. The van der Waals surface area contributed by atoms with Crippen LogP contribution in [0.4, 0.5) is 30.6 Å². The van der Waals surface area contributed by atoms with Gasteiger partial charge in [0.15, 0.2) is 5.69 Å². The molecule has 2 rings (SSSR count). The van der Waals surface area contributed by atoms with E-state index in [4.69, 9.17) is 11.0 Å². The Hall–Kier alpha value is -2.82. The average Bonchev–Trinajstić information content (AvgIpc) is 2.45. The maximum Gasteiger partial charge on any atom is 0.433 e. The fraction of sp³-hybridized carbons (Fsp3) is 0.154. The number of hydrogen-bond donors (Lipinski definition) is 1. The van der Waals surface area contributed by atoms with E-state index in [0.29, 0.717) is 11.3 Å². The molecule has 1 aromatic carbocycles. The Morgan fingerprint density at radius 3 is 2.52 bits per heavy atom. The molecule has 0 unspecified atom stereocenters. The standard InChI is InChI=1S/C13H10F3N5/c1-21(9-5-3-2-4-8(9)7-17)11-6-10(13(14,15)16)19-12(18)20-11/h2-6H,1H3,(H2,18,19,20). The van der Waals surface area contributed by atoms with Gasteiger partial charge in [-0.15, -0.1) is 0 Å². The van der Waals surface area contributed by atoms with Crippen molar-refractivity contribution in [1.82, 2.24) is 9.97 Å². The first kappa shape index (κ1) is 14.6. The van der Waals surface area contributed by atoms with E-state index in [1.165, 1.54) is 11.9 Å². The fourth-order valence-electron chi connectivity index (χ4n) is 1.75. The number of aromatic nitrogens is 2. The zero-order chi connectivity index (χ0) is 15.6. The first-order chi connectivity index (χ1) is 9.82. The number of nitriles is 1. The molecule has 0 bridgehead atoms.